The molecule has 0 spiro atoms. The van der Waals surface area contributed by atoms with Crippen LogP contribution in [0.4, 0.5) is 0 Å². The van der Waals surface area contributed by atoms with Crippen LogP contribution in [0.25, 0.3) is 0 Å². The molecule has 0 bridgehead atoms. The molecule has 0 saturated carbocycles. The van der Waals surface area contributed by atoms with Crippen LogP contribution in [0.2, 0.25) is 0 Å². The van der Waals surface area contributed by atoms with Crippen LogP contribution in [-0.4, -0.2) is 43.4 Å². The molecule has 0 aliphatic carbocycles. The van der Waals surface area contributed by atoms with Gasteiger partial charge < -0.3 is 5.32 Å². The topological polar surface area (TPSA) is 90.5 Å². The second-order valence-electron chi connectivity index (χ2n) is 5.49. The van der Waals surface area contributed by atoms with Gasteiger partial charge in [-0.2, -0.15) is 4.31 Å². The minimum Gasteiger partial charge on any atom is -0.362 e. The predicted octanol–water partition coefficient (Wildman–Crippen LogP) is 0.603. The lowest BCUT2D eigenvalue weighted by Crippen LogP contribution is -2.52. The van der Waals surface area contributed by atoms with Crippen LogP contribution in [0.5, 0.6) is 0 Å². The quantitative estimate of drug-likeness (QED) is 0.531. The van der Waals surface area contributed by atoms with Crippen molar-refractivity contribution in [3.8, 4) is 0 Å². The molecule has 1 aromatic rings. The number of carbonyl (C=O) groups excluding carboxylic acids is 1. The summed E-state index contributed by atoms with van der Waals surface area (Å²) >= 11 is 4.98. The van der Waals surface area contributed by atoms with E-state index in [1.54, 1.807) is 30.3 Å². The summed E-state index contributed by atoms with van der Waals surface area (Å²) in [6, 6.07) is 8.27. The fourth-order valence-corrected chi connectivity index (χ4v) is 4.28. The molecule has 132 valence electrons. The molecule has 2 rings (SSSR count). The monoisotopic (exact) mass is 370 g/mol. The molecule has 0 radical (unpaired) electrons. The van der Waals surface area contributed by atoms with Gasteiger partial charge in [-0.05, 0) is 44.1 Å². The molecule has 1 heterocycles. The van der Waals surface area contributed by atoms with Gasteiger partial charge in [0.1, 0.15) is 0 Å². The van der Waals surface area contributed by atoms with Crippen LogP contribution in [-0.2, 0) is 14.8 Å². The van der Waals surface area contributed by atoms with E-state index in [4.69, 9.17) is 12.2 Å². The second-order valence-corrected chi connectivity index (χ2v) is 7.84. The maximum absolute atomic E-state index is 12.7. The number of rotatable bonds is 4. The highest BCUT2D eigenvalue weighted by atomic mass is 32.2. The lowest BCUT2D eigenvalue weighted by molar-refractivity contribution is -0.126. The number of benzene rings is 1. The maximum atomic E-state index is 12.7. The molecule has 1 atom stereocenters. The first kappa shape index (κ1) is 18.6. The third-order valence-corrected chi connectivity index (χ3v) is 5.90. The molecule has 0 unspecified atom stereocenters. The Balaban J connectivity index is 1.99. The number of hydrazine groups is 1. The molecule has 0 aromatic heterocycles. The van der Waals surface area contributed by atoms with Gasteiger partial charge in [0.25, 0.3) is 0 Å². The minimum absolute atomic E-state index is 0.165. The number of piperidine rings is 1. The Hall–Kier alpha value is -1.71. The number of amides is 1. The number of sulfonamides is 1. The Kier molecular flexibility index (Phi) is 6.52. The van der Waals surface area contributed by atoms with Crippen molar-refractivity contribution in [3.63, 3.8) is 0 Å². The van der Waals surface area contributed by atoms with E-state index in [-0.39, 0.29) is 17.3 Å². The van der Waals surface area contributed by atoms with E-state index >= 15 is 0 Å². The van der Waals surface area contributed by atoms with E-state index in [9.17, 15) is 13.2 Å². The standard InChI is InChI=1S/C15H22N4O3S2/c1-2-16-15(23)18-17-14(20)12-7-6-10-19(11-12)24(21,22)13-8-4-3-5-9-13/h3-5,8-9,12H,2,6-7,10-11H2,1H3,(H,17,20)(H2,16,18,23)/t12-/m0/s1. The van der Waals surface area contributed by atoms with Crippen molar-refractivity contribution >= 4 is 33.3 Å². The molecule has 7 nitrogen and oxygen atoms in total. The van der Waals surface area contributed by atoms with Crippen molar-refractivity contribution in [1.29, 1.82) is 0 Å². The van der Waals surface area contributed by atoms with E-state index < -0.39 is 15.9 Å². The minimum atomic E-state index is -3.57. The molecule has 1 aromatic carbocycles. The average Bonchev–Trinajstić information content (AvgIpc) is 2.61. The van der Waals surface area contributed by atoms with E-state index in [1.165, 1.54) is 4.31 Å². The number of nitrogens with zero attached hydrogens (tertiary/aromatic N) is 1. The Morgan fingerprint density at radius 2 is 2.00 bits per heavy atom. The van der Waals surface area contributed by atoms with Gasteiger partial charge in [0.15, 0.2) is 5.11 Å². The van der Waals surface area contributed by atoms with E-state index in [0.29, 0.717) is 31.0 Å². The number of hydrogen-bond donors (Lipinski definition) is 3. The van der Waals surface area contributed by atoms with Crippen molar-refractivity contribution in [2.45, 2.75) is 24.7 Å². The summed E-state index contributed by atoms with van der Waals surface area (Å²) < 4.78 is 26.7. The molecular formula is C15H22N4O3S2. The van der Waals surface area contributed by atoms with Gasteiger partial charge in [-0.3, -0.25) is 15.6 Å². The van der Waals surface area contributed by atoms with Crippen molar-refractivity contribution in [3.05, 3.63) is 30.3 Å². The summed E-state index contributed by atoms with van der Waals surface area (Å²) in [5.74, 6) is -0.669. The average molecular weight is 371 g/mol. The second kappa shape index (κ2) is 8.41. The van der Waals surface area contributed by atoms with Crippen LogP contribution in [0.15, 0.2) is 35.2 Å². The normalized spacial score (nSPS) is 18.6. The number of thiocarbonyl (C=S) groups is 1. The first-order valence-corrected chi connectivity index (χ1v) is 9.69. The predicted molar refractivity (Wildman–Crippen MR) is 95.5 cm³/mol. The lowest BCUT2D eigenvalue weighted by atomic mass is 9.99. The molecule has 1 fully saturated rings. The highest BCUT2D eigenvalue weighted by Gasteiger charge is 2.33. The van der Waals surface area contributed by atoms with Gasteiger partial charge in [0, 0.05) is 19.6 Å². The lowest BCUT2D eigenvalue weighted by Gasteiger charge is -2.31. The van der Waals surface area contributed by atoms with Gasteiger partial charge >= 0.3 is 0 Å². The van der Waals surface area contributed by atoms with E-state index in [1.807, 2.05) is 6.92 Å². The molecular weight excluding hydrogens is 348 g/mol. The van der Waals surface area contributed by atoms with Crippen molar-refractivity contribution in [1.82, 2.24) is 20.5 Å². The van der Waals surface area contributed by atoms with Gasteiger partial charge in [-0.25, -0.2) is 8.42 Å². The smallest absolute Gasteiger partial charge is 0.243 e. The molecule has 9 heteroatoms. The zero-order chi connectivity index (χ0) is 17.6. The Labute approximate surface area is 147 Å². The molecule has 24 heavy (non-hydrogen) atoms. The summed E-state index contributed by atoms with van der Waals surface area (Å²) in [5, 5.41) is 3.19. The molecule has 1 aliphatic rings. The van der Waals surface area contributed by atoms with Crippen molar-refractivity contribution in [2.75, 3.05) is 19.6 Å². The highest BCUT2D eigenvalue weighted by molar-refractivity contribution is 7.89. The molecule has 1 aliphatic heterocycles. The van der Waals surface area contributed by atoms with Gasteiger partial charge in [-0.15, -0.1) is 0 Å². The third kappa shape index (κ3) is 4.65. The largest absolute Gasteiger partial charge is 0.362 e. The first-order chi connectivity index (χ1) is 11.4. The molecule has 1 amide bonds. The van der Waals surface area contributed by atoms with Crippen molar-refractivity contribution < 1.29 is 13.2 Å². The molecule has 1 saturated heterocycles. The summed E-state index contributed by atoms with van der Waals surface area (Å²) in [6.07, 6.45) is 1.28. The van der Waals surface area contributed by atoms with Gasteiger partial charge in [-0.1, -0.05) is 18.2 Å². The van der Waals surface area contributed by atoms with Gasteiger partial charge in [0.2, 0.25) is 15.9 Å². The number of hydrogen-bond acceptors (Lipinski definition) is 4. The van der Waals surface area contributed by atoms with Gasteiger partial charge in [0.05, 0.1) is 10.8 Å². The zero-order valence-electron chi connectivity index (χ0n) is 13.5. The summed E-state index contributed by atoms with van der Waals surface area (Å²) in [5.41, 5.74) is 5.15. The summed E-state index contributed by atoms with van der Waals surface area (Å²) in [4.78, 5) is 12.5. The van der Waals surface area contributed by atoms with E-state index in [0.717, 1.165) is 0 Å². The zero-order valence-corrected chi connectivity index (χ0v) is 15.1. The van der Waals surface area contributed by atoms with Crippen molar-refractivity contribution in [2.24, 2.45) is 5.92 Å². The highest BCUT2D eigenvalue weighted by Crippen LogP contribution is 2.23. The number of nitrogens with one attached hydrogen (secondary N) is 3. The molecule has 3 N–H and O–H groups in total. The summed E-state index contributed by atoms with van der Waals surface area (Å²) in [6.45, 7) is 3.13. The SMILES string of the molecule is CCNC(=S)NNC(=O)[C@H]1CCCN(S(=O)(=O)c2ccccc2)C1. The maximum Gasteiger partial charge on any atom is 0.243 e. The van der Waals surface area contributed by atoms with Crippen LogP contribution >= 0.6 is 12.2 Å². The van der Waals surface area contributed by atoms with E-state index in [2.05, 4.69) is 16.2 Å². The van der Waals surface area contributed by atoms with Crippen LogP contribution < -0.4 is 16.2 Å². The Bertz CT molecular complexity index is 679. The fraction of sp³-hybridized carbons (Fsp3) is 0.467. The third-order valence-electron chi connectivity index (χ3n) is 3.77. The summed E-state index contributed by atoms with van der Waals surface area (Å²) in [7, 11) is -3.57. The fourth-order valence-electron chi connectivity index (χ4n) is 2.54. The first-order valence-electron chi connectivity index (χ1n) is 7.84. The van der Waals surface area contributed by atoms with Crippen LogP contribution in [0.1, 0.15) is 19.8 Å². The Morgan fingerprint density at radius 1 is 1.29 bits per heavy atom. The Morgan fingerprint density at radius 3 is 2.67 bits per heavy atom. The van der Waals surface area contributed by atoms with Crippen LogP contribution in [0.3, 0.4) is 0 Å². The van der Waals surface area contributed by atoms with Crippen LogP contribution in [0, 0.1) is 5.92 Å². The number of carbonyl (C=O) groups is 1.